The fourth-order valence-corrected chi connectivity index (χ4v) is 3.49. The molecule has 1 N–H and O–H groups in total. The number of methoxy groups -OCH3 is 1. The third-order valence-electron chi connectivity index (χ3n) is 4.76. The van der Waals surface area contributed by atoms with Crippen molar-refractivity contribution in [1.29, 1.82) is 0 Å². The van der Waals surface area contributed by atoms with E-state index in [1.807, 2.05) is 12.1 Å². The summed E-state index contributed by atoms with van der Waals surface area (Å²) < 4.78 is 17.0. The van der Waals surface area contributed by atoms with E-state index >= 15 is 0 Å². The van der Waals surface area contributed by atoms with Crippen molar-refractivity contribution < 1.29 is 18.7 Å². The topological polar surface area (TPSA) is 73.1 Å². The Balaban J connectivity index is 1.79. The second-order valence-corrected chi connectivity index (χ2v) is 7.22. The number of nitrogens with zero attached hydrogens (tertiary/aromatic N) is 1. The number of hydrogen-bond acceptors (Lipinski definition) is 5. The Kier molecular flexibility index (Phi) is 5.83. The van der Waals surface area contributed by atoms with Crippen LogP contribution in [0, 0.1) is 0 Å². The van der Waals surface area contributed by atoms with Gasteiger partial charge in [-0.05, 0) is 43.2 Å². The molecule has 6 nitrogen and oxygen atoms in total. The van der Waals surface area contributed by atoms with Crippen molar-refractivity contribution in [2.75, 3.05) is 20.3 Å². The van der Waals surface area contributed by atoms with Crippen LogP contribution in [0.1, 0.15) is 23.2 Å². The number of halogens is 1. The smallest absolute Gasteiger partial charge is 0.256 e. The van der Waals surface area contributed by atoms with Gasteiger partial charge in [-0.15, -0.1) is 0 Å². The molecule has 0 spiro atoms. The number of nitrogens with one attached hydrogen (secondary N) is 1. The monoisotopic (exact) mass is 412 g/mol. The predicted octanol–water partition coefficient (Wildman–Crippen LogP) is 4.24. The number of fused-ring (bicyclic) bond motifs is 1. The van der Waals surface area contributed by atoms with E-state index in [2.05, 4.69) is 10.3 Å². The minimum Gasteiger partial charge on any atom is -0.493 e. The van der Waals surface area contributed by atoms with Crippen LogP contribution in [0.5, 0.6) is 5.75 Å². The summed E-state index contributed by atoms with van der Waals surface area (Å²) in [5.41, 5.74) is 1.63. The maximum atomic E-state index is 12.9. The Labute approximate surface area is 173 Å². The van der Waals surface area contributed by atoms with Gasteiger partial charge in [-0.1, -0.05) is 29.8 Å². The standard InChI is InChI=1S/C22H21ClN2O4/c1-27-19-9-2-5-14-11-18(21(26)24-13-17-8-4-10-28-17)22(29-20(14)19)25-16-7-3-6-15(23)12-16/h2-3,5-7,9,11-12,17H,4,8,10,13H2,1H3,(H,24,26). The van der Waals surface area contributed by atoms with E-state index in [1.54, 1.807) is 43.5 Å². The van der Waals surface area contributed by atoms with E-state index in [0.29, 0.717) is 34.2 Å². The lowest BCUT2D eigenvalue weighted by Crippen LogP contribution is -2.34. The normalized spacial score (nSPS) is 16.9. The fourth-order valence-electron chi connectivity index (χ4n) is 3.30. The van der Waals surface area contributed by atoms with Crippen LogP contribution in [0.3, 0.4) is 0 Å². The molecule has 1 amide bonds. The quantitative estimate of drug-likeness (QED) is 0.680. The van der Waals surface area contributed by atoms with Crippen molar-refractivity contribution >= 4 is 34.2 Å². The van der Waals surface area contributed by atoms with E-state index in [-0.39, 0.29) is 17.6 Å². The van der Waals surface area contributed by atoms with Crippen molar-refractivity contribution in [1.82, 2.24) is 5.32 Å². The van der Waals surface area contributed by atoms with Gasteiger partial charge in [0.25, 0.3) is 5.91 Å². The SMILES string of the molecule is COc1cccc2cc(C(=O)NCC3CCCO3)c(=Nc3cccc(Cl)c3)oc12. The average Bonchev–Trinajstić information content (AvgIpc) is 3.25. The molecule has 4 rings (SSSR count). The molecule has 1 saturated heterocycles. The number of rotatable bonds is 5. The second kappa shape index (κ2) is 8.68. The first-order valence-electron chi connectivity index (χ1n) is 9.45. The van der Waals surface area contributed by atoms with Crippen LogP contribution in [0.25, 0.3) is 11.0 Å². The van der Waals surface area contributed by atoms with Crippen LogP contribution in [0.4, 0.5) is 5.69 Å². The van der Waals surface area contributed by atoms with Gasteiger partial charge in [-0.3, -0.25) is 4.79 Å². The van der Waals surface area contributed by atoms with Gasteiger partial charge < -0.3 is 19.2 Å². The van der Waals surface area contributed by atoms with Crippen LogP contribution in [-0.4, -0.2) is 32.3 Å². The number of benzene rings is 2. The first kappa shape index (κ1) is 19.5. The first-order chi connectivity index (χ1) is 14.1. The number of carbonyl (C=O) groups is 1. The van der Waals surface area contributed by atoms with E-state index in [0.717, 1.165) is 24.8 Å². The summed E-state index contributed by atoms with van der Waals surface area (Å²) in [4.78, 5) is 17.5. The highest BCUT2D eigenvalue weighted by atomic mass is 35.5. The van der Waals surface area contributed by atoms with Gasteiger partial charge in [0.15, 0.2) is 11.3 Å². The van der Waals surface area contributed by atoms with E-state index in [1.165, 1.54) is 0 Å². The minimum absolute atomic E-state index is 0.0461. The summed E-state index contributed by atoms with van der Waals surface area (Å²) in [6, 6.07) is 14.3. The Morgan fingerprint density at radius 3 is 2.90 bits per heavy atom. The van der Waals surface area contributed by atoms with Crippen LogP contribution >= 0.6 is 11.6 Å². The van der Waals surface area contributed by atoms with E-state index in [4.69, 9.17) is 25.5 Å². The van der Waals surface area contributed by atoms with Gasteiger partial charge in [0.2, 0.25) is 5.55 Å². The van der Waals surface area contributed by atoms with Crippen molar-refractivity contribution in [2.45, 2.75) is 18.9 Å². The molecule has 3 aromatic rings. The second-order valence-electron chi connectivity index (χ2n) is 6.78. The molecule has 2 aromatic carbocycles. The molecule has 1 aromatic heterocycles. The van der Waals surface area contributed by atoms with Crippen molar-refractivity contribution in [3.63, 3.8) is 0 Å². The van der Waals surface area contributed by atoms with Gasteiger partial charge in [-0.25, -0.2) is 4.99 Å². The minimum atomic E-state index is -0.269. The highest BCUT2D eigenvalue weighted by Crippen LogP contribution is 2.25. The Morgan fingerprint density at radius 1 is 1.28 bits per heavy atom. The summed E-state index contributed by atoms with van der Waals surface area (Å²) in [5.74, 6) is 0.297. The number of amides is 1. The summed E-state index contributed by atoms with van der Waals surface area (Å²) in [6.07, 6.45) is 2.00. The van der Waals surface area contributed by atoms with Crippen molar-refractivity contribution in [3.05, 3.63) is 64.7 Å². The molecule has 1 atom stereocenters. The van der Waals surface area contributed by atoms with E-state index < -0.39 is 0 Å². The molecule has 7 heteroatoms. The Morgan fingerprint density at radius 2 is 2.14 bits per heavy atom. The number of hydrogen-bond donors (Lipinski definition) is 1. The molecule has 29 heavy (non-hydrogen) atoms. The van der Waals surface area contributed by atoms with Gasteiger partial charge in [0, 0.05) is 23.6 Å². The number of ether oxygens (including phenoxy) is 2. The zero-order valence-electron chi connectivity index (χ0n) is 16.0. The molecule has 0 saturated carbocycles. The highest BCUT2D eigenvalue weighted by molar-refractivity contribution is 6.30. The van der Waals surface area contributed by atoms with Crippen LogP contribution in [-0.2, 0) is 4.74 Å². The zero-order chi connectivity index (χ0) is 20.2. The molecule has 0 bridgehead atoms. The Bertz CT molecular complexity index is 1100. The average molecular weight is 413 g/mol. The molecule has 1 fully saturated rings. The predicted molar refractivity (Wildman–Crippen MR) is 111 cm³/mol. The van der Waals surface area contributed by atoms with Crippen LogP contribution in [0.15, 0.2) is 57.9 Å². The highest BCUT2D eigenvalue weighted by Gasteiger charge is 2.19. The third kappa shape index (κ3) is 4.44. The molecule has 1 unspecified atom stereocenters. The number of para-hydroxylation sites is 1. The van der Waals surface area contributed by atoms with Crippen molar-refractivity contribution in [3.8, 4) is 5.75 Å². The van der Waals surface area contributed by atoms with Gasteiger partial charge >= 0.3 is 0 Å². The molecular formula is C22H21ClN2O4. The maximum Gasteiger partial charge on any atom is 0.256 e. The van der Waals surface area contributed by atoms with Crippen molar-refractivity contribution in [2.24, 2.45) is 4.99 Å². The fraction of sp³-hybridized carbons (Fsp3) is 0.273. The molecule has 1 aliphatic heterocycles. The molecule has 2 heterocycles. The summed E-state index contributed by atoms with van der Waals surface area (Å²) in [5, 5.41) is 4.23. The largest absolute Gasteiger partial charge is 0.493 e. The lowest BCUT2D eigenvalue weighted by atomic mass is 10.1. The maximum absolute atomic E-state index is 12.9. The Hall–Kier alpha value is -2.83. The zero-order valence-corrected chi connectivity index (χ0v) is 16.7. The molecule has 1 aliphatic rings. The summed E-state index contributed by atoms with van der Waals surface area (Å²) in [7, 11) is 1.57. The van der Waals surface area contributed by atoms with Crippen LogP contribution in [0.2, 0.25) is 5.02 Å². The van der Waals surface area contributed by atoms with Gasteiger partial charge in [-0.2, -0.15) is 0 Å². The number of carbonyl (C=O) groups excluding carboxylic acids is 1. The first-order valence-corrected chi connectivity index (χ1v) is 9.83. The molecular weight excluding hydrogens is 392 g/mol. The molecule has 0 aliphatic carbocycles. The van der Waals surface area contributed by atoms with E-state index in [9.17, 15) is 4.79 Å². The summed E-state index contributed by atoms with van der Waals surface area (Å²) >= 11 is 6.07. The summed E-state index contributed by atoms with van der Waals surface area (Å²) in [6.45, 7) is 1.19. The lowest BCUT2D eigenvalue weighted by molar-refractivity contribution is 0.0854. The van der Waals surface area contributed by atoms with Gasteiger partial charge in [0.1, 0.15) is 5.56 Å². The van der Waals surface area contributed by atoms with Gasteiger partial charge in [0.05, 0.1) is 18.9 Å². The lowest BCUT2D eigenvalue weighted by Gasteiger charge is -2.12. The molecule has 0 radical (unpaired) electrons. The molecule has 150 valence electrons. The van der Waals surface area contributed by atoms with Crippen LogP contribution < -0.4 is 15.6 Å². The third-order valence-corrected chi connectivity index (χ3v) is 4.99.